The zero-order valence-corrected chi connectivity index (χ0v) is 14.4. The maximum atomic E-state index is 6.53. The lowest BCUT2D eigenvalue weighted by molar-refractivity contribution is -0.280. The van der Waals surface area contributed by atoms with Crippen molar-refractivity contribution in [1.82, 2.24) is 15.5 Å². The molecule has 1 aliphatic carbocycles. The fraction of sp³-hybridized carbons (Fsp3) is 0.789. The molecule has 5 rings (SSSR count). The van der Waals surface area contributed by atoms with Crippen molar-refractivity contribution in [1.29, 1.82) is 0 Å². The molecule has 3 saturated heterocycles. The molecule has 1 aromatic heterocycles. The summed E-state index contributed by atoms with van der Waals surface area (Å²) in [7, 11) is 0. The van der Waals surface area contributed by atoms with Crippen molar-refractivity contribution in [2.75, 3.05) is 32.8 Å². The Morgan fingerprint density at radius 3 is 2.50 bits per heavy atom. The Labute approximate surface area is 144 Å². The van der Waals surface area contributed by atoms with Crippen LogP contribution in [-0.4, -0.2) is 43.3 Å². The van der Waals surface area contributed by atoms with Gasteiger partial charge in [0.1, 0.15) is 5.66 Å². The van der Waals surface area contributed by atoms with Crippen LogP contribution >= 0.6 is 0 Å². The minimum atomic E-state index is -0.562. The number of morpholine rings is 1. The topological polar surface area (TPSA) is 51.7 Å². The predicted molar refractivity (Wildman–Crippen MR) is 90.4 cm³/mol. The van der Waals surface area contributed by atoms with E-state index in [1.807, 2.05) is 6.07 Å². The van der Waals surface area contributed by atoms with Crippen molar-refractivity contribution in [3.8, 4) is 0 Å². The van der Waals surface area contributed by atoms with E-state index in [4.69, 9.17) is 14.5 Å². The number of rotatable bonds is 2. The molecule has 5 nitrogen and oxygen atoms in total. The molecule has 2 atom stereocenters. The molecule has 5 heteroatoms. The second-order valence-electron chi connectivity index (χ2n) is 8.08. The van der Waals surface area contributed by atoms with Crippen LogP contribution in [0.3, 0.4) is 0 Å². The molecule has 4 heterocycles. The summed E-state index contributed by atoms with van der Waals surface area (Å²) in [4.78, 5) is 2.53. The van der Waals surface area contributed by atoms with Gasteiger partial charge in [0.2, 0.25) is 5.72 Å². The van der Waals surface area contributed by atoms with E-state index in [1.54, 1.807) is 6.26 Å². The molecule has 4 aliphatic rings. The molecule has 2 spiro atoms. The first-order valence-corrected chi connectivity index (χ1v) is 9.66. The third-order valence-electron chi connectivity index (χ3n) is 7.04. The number of ether oxygens (including phenoxy) is 1. The monoisotopic (exact) mass is 330 g/mol. The number of furan rings is 1. The second kappa shape index (κ2) is 5.56. The fourth-order valence-electron chi connectivity index (χ4n) is 5.62. The van der Waals surface area contributed by atoms with E-state index in [0.29, 0.717) is 12.0 Å². The summed E-state index contributed by atoms with van der Waals surface area (Å²) in [5.74, 6) is 0.917. The predicted octanol–water partition coefficient (Wildman–Crippen LogP) is 2.41. The number of piperidine rings is 1. The van der Waals surface area contributed by atoms with Gasteiger partial charge in [0.05, 0.1) is 12.9 Å². The van der Waals surface area contributed by atoms with E-state index in [-0.39, 0.29) is 5.66 Å². The van der Waals surface area contributed by atoms with Gasteiger partial charge in [0.15, 0.2) is 5.76 Å². The number of nitrogens with one attached hydrogen (secondary N) is 1. The average Bonchev–Trinajstić information content (AvgIpc) is 3.26. The van der Waals surface area contributed by atoms with Gasteiger partial charge in [-0.3, -0.25) is 10.2 Å². The summed E-state index contributed by atoms with van der Waals surface area (Å²) < 4.78 is 12.4. The summed E-state index contributed by atoms with van der Waals surface area (Å²) in [5.41, 5.74) is -0.288. The van der Waals surface area contributed by atoms with Gasteiger partial charge >= 0.3 is 0 Å². The van der Waals surface area contributed by atoms with Gasteiger partial charge in [-0.2, -0.15) is 0 Å². The summed E-state index contributed by atoms with van der Waals surface area (Å²) in [6.07, 6.45) is 11.0. The third kappa shape index (κ3) is 2.02. The van der Waals surface area contributed by atoms with Gasteiger partial charge in [0.25, 0.3) is 0 Å². The van der Waals surface area contributed by atoms with Gasteiger partial charge in [-0.25, -0.2) is 5.32 Å². The molecule has 4 fully saturated rings. The Kier molecular flexibility index (Phi) is 3.56. The third-order valence-corrected chi connectivity index (χ3v) is 7.04. The van der Waals surface area contributed by atoms with Crippen molar-refractivity contribution in [2.24, 2.45) is 5.41 Å². The van der Waals surface area contributed by atoms with E-state index in [2.05, 4.69) is 16.3 Å². The Bertz CT molecular complexity index is 567. The Balaban J connectivity index is 1.49. The van der Waals surface area contributed by atoms with E-state index in [1.165, 1.54) is 38.5 Å². The molecule has 3 aliphatic heterocycles. The standard InChI is InChI=1S/C19H28N3O2/c1-2-6-17(5-1)8-12-22(13-9-17)19(16-4-3-14-23-16)18(7-10-20-18)21-11-15-24-19/h3-4,14,20H,1-2,5-13,15H2. The molecule has 2 unspecified atom stereocenters. The van der Waals surface area contributed by atoms with Crippen molar-refractivity contribution < 1.29 is 9.15 Å². The van der Waals surface area contributed by atoms with E-state index in [9.17, 15) is 0 Å². The molecule has 1 N–H and O–H groups in total. The number of hydrogen-bond acceptors (Lipinski definition) is 4. The molecule has 0 amide bonds. The first-order valence-electron chi connectivity index (χ1n) is 9.66. The zero-order valence-electron chi connectivity index (χ0n) is 14.4. The molecular weight excluding hydrogens is 302 g/mol. The molecule has 131 valence electrons. The SMILES string of the molecule is c1coc(C2(N3CCC4(CCCC4)CC3)OCC[N]C23CCN3)c1. The highest BCUT2D eigenvalue weighted by molar-refractivity contribution is 5.23. The van der Waals surface area contributed by atoms with Gasteiger partial charge in [-0.1, -0.05) is 12.8 Å². The second-order valence-corrected chi connectivity index (χ2v) is 8.08. The lowest BCUT2D eigenvalue weighted by Gasteiger charge is -2.61. The normalized spacial score (nSPS) is 39.3. The smallest absolute Gasteiger partial charge is 0.213 e. The fourth-order valence-corrected chi connectivity index (χ4v) is 5.62. The van der Waals surface area contributed by atoms with Gasteiger partial charge in [-0.05, 0) is 49.7 Å². The van der Waals surface area contributed by atoms with E-state index in [0.717, 1.165) is 38.4 Å². The lowest BCUT2D eigenvalue weighted by atomic mass is 9.74. The van der Waals surface area contributed by atoms with Crippen LogP contribution in [0.25, 0.3) is 0 Å². The largest absolute Gasteiger partial charge is 0.465 e. The van der Waals surface area contributed by atoms with Crippen LogP contribution in [0.1, 0.15) is 50.7 Å². The minimum Gasteiger partial charge on any atom is -0.465 e. The van der Waals surface area contributed by atoms with Crippen LogP contribution in [0.5, 0.6) is 0 Å². The van der Waals surface area contributed by atoms with Crippen LogP contribution in [0.15, 0.2) is 22.8 Å². The van der Waals surface area contributed by atoms with Crippen LogP contribution < -0.4 is 10.6 Å². The lowest BCUT2D eigenvalue weighted by Crippen LogP contribution is -2.81. The van der Waals surface area contributed by atoms with Crippen LogP contribution in [0.2, 0.25) is 0 Å². The molecule has 1 radical (unpaired) electrons. The van der Waals surface area contributed by atoms with Crippen LogP contribution in [0.4, 0.5) is 0 Å². The molecule has 0 bridgehead atoms. The van der Waals surface area contributed by atoms with Crippen LogP contribution in [0, 0.1) is 5.41 Å². The van der Waals surface area contributed by atoms with E-state index >= 15 is 0 Å². The van der Waals surface area contributed by atoms with Crippen molar-refractivity contribution >= 4 is 0 Å². The quantitative estimate of drug-likeness (QED) is 0.905. The first kappa shape index (κ1) is 15.4. The van der Waals surface area contributed by atoms with Crippen molar-refractivity contribution in [3.63, 3.8) is 0 Å². The first-order chi connectivity index (χ1) is 11.8. The summed E-state index contributed by atoms with van der Waals surface area (Å²) in [5, 5.41) is 8.61. The molecule has 0 aromatic carbocycles. The zero-order chi connectivity index (χ0) is 16.1. The average molecular weight is 330 g/mol. The molecule has 1 saturated carbocycles. The summed E-state index contributed by atoms with van der Waals surface area (Å²) in [6.45, 7) is 4.62. The maximum absolute atomic E-state index is 6.53. The summed E-state index contributed by atoms with van der Waals surface area (Å²) >= 11 is 0. The molecule has 1 aromatic rings. The maximum Gasteiger partial charge on any atom is 0.213 e. The Morgan fingerprint density at radius 1 is 1.08 bits per heavy atom. The van der Waals surface area contributed by atoms with Gasteiger partial charge in [-0.15, -0.1) is 0 Å². The molecule has 24 heavy (non-hydrogen) atoms. The highest BCUT2D eigenvalue weighted by Gasteiger charge is 2.65. The highest BCUT2D eigenvalue weighted by Crippen LogP contribution is 2.52. The molecular formula is C19H28N3O2. The number of nitrogens with zero attached hydrogens (tertiary/aromatic N) is 2. The van der Waals surface area contributed by atoms with Crippen LogP contribution in [-0.2, 0) is 10.5 Å². The minimum absolute atomic E-state index is 0.330. The number of hydrogen-bond donors (Lipinski definition) is 1. The Morgan fingerprint density at radius 2 is 1.88 bits per heavy atom. The van der Waals surface area contributed by atoms with Gasteiger partial charge < -0.3 is 9.15 Å². The van der Waals surface area contributed by atoms with Crippen molar-refractivity contribution in [3.05, 3.63) is 24.2 Å². The van der Waals surface area contributed by atoms with Crippen molar-refractivity contribution in [2.45, 2.75) is 56.3 Å². The summed E-state index contributed by atoms with van der Waals surface area (Å²) in [6, 6.07) is 4.05. The highest BCUT2D eigenvalue weighted by atomic mass is 16.5. The number of likely N-dealkylation sites (tertiary alicyclic amines) is 1. The van der Waals surface area contributed by atoms with Gasteiger partial charge in [0, 0.05) is 26.2 Å². The van der Waals surface area contributed by atoms with E-state index < -0.39 is 5.72 Å². The Hall–Kier alpha value is -0.880.